The molecule has 0 saturated heterocycles. The first-order valence-corrected chi connectivity index (χ1v) is 11.9. The fourth-order valence-corrected chi connectivity index (χ4v) is 5.11. The molecule has 1 aliphatic rings. The SMILES string of the molecule is O=C(CSc1nnc(-c2ccc(Cl)cc2Cl)n1C1CCCCC1)Nc1cc(F)ccc1F. The van der Waals surface area contributed by atoms with E-state index in [0.29, 0.717) is 26.6 Å². The van der Waals surface area contributed by atoms with Crippen molar-refractivity contribution in [3.8, 4) is 11.4 Å². The quantitative estimate of drug-likeness (QED) is 0.382. The Labute approximate surface area is 198 Å². The van der Waals surface area contributed by atoms with Gasteiger partial charge in [0.05, 0.1) is 16.5 Å². The Kier molecular flexibility index (Phi) is 7.33. The topological polar surface area (TPSA) is 59.8 Å². The van der Waals surface area contributed by atoms with E-state index in [-0.39, 0.29) is 17.5 Å². The first-order valence-electron chi connectivity index (χ1n) is 10.2. The molecule has 0 bridgehead atoms. The molecule has 5 nitrogen and oxygen atoms in total. The molecule has 4 rings (SSSR count). The summed E-state index contributed by atoms with van der Waals surface area (Å²) < 4.78 is 29.2. The normalized spacial score (nSPS) is 14.5. The Morgan fingerprint density at radius 3 is 2.62 bits per heavy atom. The van der Waals surface area contributed by atoms with Crippen LogP contribution in [0.2, 0.25) is 10.0 Å². The van der Waals surface area contributed by atoms with Gasteiger partial charge in [-0.25, -0.2) is 8.78 Å². The summed E-state index contributed by atoms with van der Waals surface area (Å²) in [7, 11) is 0. The molecule has 1 heterocycles. The minimum absolute atomic E-state index is 0.0326. The van der Waals surface area contributed by atoms with E-state index in [9.17, 15) is 13.6 Å². The number of nitrogens with one attached hydrogen (secondary N) is 1. The number of aromatic nitrogens is 3. The summed E-state index contributed by atoms with van der Waals surface area (Å²) in [4.78, 5) is 12.4. The number of thioether (sulfide) groups is 1. The second-order valence-corrected chi connectivity index (χ2v) is 9.34. The molecule has 0 spiro atoms. The second-order valence-electron chi connectivity index (χ2n) is 7.55. The van der Waals surface area contributed by atoms with Crippen LogP contribution in [0.4, 0.5) is 14.5 Å². The van der Waals surface area contributed by atoms with Crippen LogP contribution in [-0.2, 0) is 4.79 Å². The minimum atomic E-state index is -0.699. The number of anilines is 1. The average molecular weight is 497 g/mol. The van der Waals surface area contributed by atoms with Crippen molar-refractivity contribution < 1.29 is 13.6 Å². The van der Waals surface area contributed by atoms with Gasteiger partial charge in [-0.05, 0) is 43.2 Å². The highest BCUT2D eigenvalue weighted by molar-refractivity contribution is 7.99. The predicted molar refractivity (Wildman–Crippen MR) is 123 cm³/mol. The maximum atomic E-state index is 13.8. The number of carbonyl (C=O) groups excluding carboxylic acids is 1. The zero-order valence-corrected chi connectivity index (χ0v) is 19.3. The zero-order chi connectivity index (χ0) is 22.7. The lowest BCUT2D eigenvalue weighted by Crippen LogP contribution is -2.18. The minimum Gasteiger partial charge on any atom is -0.323 e. The molecule has 1 aliphatic carbocycles. The van der Waals surface area contributed by atoms with Crippen molar-refractivity contribution in [2.24, 2.45) is 0 Å². The Balaban J connectivity index is 1.57. The number of carbonyl (C=O) groups is 1. The van der Waals surface area contributed by atoms with Crippen molar-refractivity contribution >= 4 is 46.6 Å². The molecule has 1 amide bonds. The molecule has 3 aromatic rings. The summed E-state index contributed by atoms with van der Waals surface area (Å²) in [5.41, 5.74) is 0.519. The van der Waals surface area contributed by atoms with Crippen LogP contribution < -0.4 is 5.32 Å². The summed E-state index contributed by atoms with van der Waals surface area (Å²) in [6.07, 6.45) is 5.33. The van der Waals surface area contributed by atoms with Crippen LogP contribution in [-0.4, -0.2) is 26.4 Å². The molecule has 0 aliphatic heterocycles. The molecular formula is C22H20Cl2F2N4OS. The zero-order valence-electron chi connectivity index (χ0n) is 17.0. The highest BCUT2D eigenvalue weighted by Crippen LogP contribution is 2.38. The number of hydrogen-bond acceptors (Lipinski definition) is 4. The number of benzene rings is 2. The van der Waals surface area contributed by atoms with E-state index in [0.717, 1.165) is 43.9 Å². The largest absolute Gasteiger partial charge is 0.323 e. The molecule has 1 N–H and O–H groups in total. The molecule has 0 atom stereocenters. The molecule has 2 aromatic carbocycles. The van der Waals surface area contributed by atoms with Crippen molar-refractivity contribution in [2.75, 3.05) is 11.1 Å². The number of halogens is 4. The highest BCUT2D eigenvalue weighted by Gasteiger charge is 2.25. The van der Waals surface area contributed by atoms with Gasteiger partial charge in [0.2, 0.25) is 5.91 Å². The monoisotopic (exact) mass is 496 g/mol. The molecule has 168 valence electrons. The maximum Gasteiger partial charge on any atom is 0.234 e. The van der Waals surface area contributed by atoms with Crippen LogP contribution in [0.25, 0.3) is 11.4 Å². The van der Waals surface area contributed by atoms with E-state index >= 15 is 0 Å². The van der Waals surface area contributed by atoms with E-state index in [1.165, 1.54) is 18.2 Å². The first-order chi connectivity index (χ1) is 15.4. The van der Waals surface area contributed by atoms with Crippen LogP contribution in [0.15, 0.2) is 41.6 Å². The van der Waals surface area contributed by atoms with Gasteiger partial charge in [-0.2, -0.15) is 0 Å². The van der Waals surface area contributed by atoms with Gasteiger partial charge in [0.1, 0.15) is 11.6 Å². The summed E-state index contributed by atoms with van der Waals surface area (Å²) in [5.74, 6) is -1.21. The van der Waals surface area contributed by atoms with Crippen molar-refractivity contribution in [1.82, 2.24) is 14.8 Å². The maximum absolute atomic E-state index is 13.8. The predicted octanol–water partition coefficient (Wildman–Crippen LogP) is 6.77. The standard InChI is InChI=1S/C22H20Cl2F2N4OS/c23-13-6-8-16(17(24)10-13)21-28-29-22(30(21)15-4-2-1-3-5-15)32-12-20(31)27-19-11-14(25)7-9-18(19)26/h6-11,15H,1-5,12H2,(H,27,31). The third kappa shape index (κ3) is 5.24. The number of nitrogens with zero attached hydrogens (tertiary/aromatic N) is 3. The average Bonchev–Trinajstić information content (AvgIpc) is 3.19. The van der Waals surface area contributed by atoms with Gasteiger partial charge >= 0.3 is 0 Å². The third-order valence-corrected chi connectivity index (χ3v) is 6.80. The van der Waals surface area contributed by atoms with Crippen LogP contribution in [0, 0.1) is 11.6 Å². The van der Waals surface area contributed by atoms with Crippen molar-refractivity contribution in [3.63, 3.8) is 0 Å². The van der Waals surface area contributed by atoms with E-state index in [1.54, 1.807) is 12.1 Å². The van der Waals surface area contributed by atoms with Gasteiger partial charge in [0.15, 0.2) is 11.0 Å². The first kappa shape index (κ1) is 23.0. The molecule has 1 fully saturated rings. The van der Waals surface area contributed by atoms with E-state index in [1.807, 2.05) is 10.6 Å². The number of hydrogen-bond donors (Lipinski definition) is 1. The Morgan fingerprint density at radius 1 is 1.09 bits per heavy atom. The van der Waals surface area contributed by atoms with Crippen molar-refractivity contribution in [1.29, 1.82) is 0 Å². The van der Waals surface area contributed by atoms with E-state index in [4.69, 9.17) is 23.2 Å². The Hall–Kier alpha value is -2.16. The van der Waals surface area contributed by atoms with Crippen LogP contribution >= 0.6 is 35.0 Å². The molecular weight excluding hydrogens is 477 g/mol. The molecule has 1 aromatic heterocycles. The molecule has 1 saturated carbocycles. The van der Waals surface area contributed by atoms with E-state index in [2.05, 4.69) is 15.5 Å². The van der Waals surface area contributed by atoms with Crippen molar-refractivity contribution in [2.45, 2.75) is 43.3 Å². The fraction of sp³-hybridized carbons (Fsp3) is 0.318. The van der Waals surface area contributed by atoms with Crippen LogP contribution in [0.1, 0.15) is 38.1 Å². The molecule has 32 heavy (non-hydrogen) atoms. The second kappa shape index (κ2) is 10.2. The van der Waals surface area contributed by atoms with Gasteiger partial charge in [0, 0.05) is 22.7 Å². The van der Waals surface area contributed by atoms with Gasteiger partial charge in [-0.3, -0.25) is 9.36 Å². The Morgan fingerprint density at radius 2 is 1.88 bits per heavy atom. The fourth-order valence-electron chi connectivity index (χ4n) is 3.81. The Bertz CT molecular complexity index is 1140. The summed E-state index contributed by atoms with van der Waals surface area (Å²) >= 11 is 13.7. The van der Waals surface area contributed by atoms with Crippen LogP contribution in [0.3, 0.4) is 0 Å². The van der Waals surface area contributed by atoms with Crippen LogP contribution in [0.5, 0.6) is 0 Å². The van der Waals surface area contributed by atoms with Crippen molar-refractivity contribution in [3.05, 3.63) is 58.1 Å². The summed E-state index contributed by atoms with van der Waals surface area (Å²) in [5, 5.41) is 12.7. The van der Waals surface area contributed by atoms with Gasteiger partial charge in [0.25, 0.3) is 0 Å². The lowest BCUT2D eigenvalue weighted by Gasteiger charge is -2.25. The lowest BCUT2D eigenvalue weighted by atomic mass is 9.95. The third-order valence-electron chi connectivity index (χ3n) is 5.31. The van der Waals surface area contributed by atoms with Gasteiger partial charge in [-0.15, -0.1) is 10.2 Å². The summed E-state index contributed by atoms with van der Waals surface area (Å²) in [6.45, 7) is 0. The smallest absolute Gasteiger partial charge is 0.234 e. The molecule has 0 radical (unpaired) electrons. The molecule has 10 heteroatoms. The van der Waals surface area contributed by atoms with Gasteiger partial charge < -0.3 is 5.32 Å². The highest BCUT2D eigenvalue weighted by atomic mass is 35.5. The molecule has 0 unspecified atom stereocenters. The number of amides is 1. The van der Waals surface area contributed by atoms with E-state index < -0.39 is 17.5 Å². The summed E-state index contributed by atoms with van der Waals surface area (Å²) in [6, 6.07) is 8.32. The number of rotatable bonds is 6. The van der Waals surface area contributed by atoms with Gasteiger partial charge in [-0.1, -0.05) is 54.2 Å². The lowest BCUT2D eigenvalue weighted by molar-refractivity contribution is -0.113.